The fourth-order valence-corrected chi connectivity index (χ4v) is 1.80. The van der Waals surface area contributed by atoms with Gasteiger partial charge in [-0.15, -0.1) is 12.4 Å². The number of methoxy groups -OCH3 is 1. The molecule has 0 saturated heterocycles. The van der Waals surface area contributed by atoms with Gasteiger partial charge in [-0.05, 0) is 33.8 Å². The minimum atomic E-state index is 0. The predicted molar refractivity (Wildman–Crippen MR) is 83.0 cm³/mol. The Morgan fingerprint density at radius 3 is 2.37 bits per heavy atom. The molecule has 5 heteroatoms. The second-order valence-corrected chi connectivity index (χ2v) is 5.57. The lowest BCUT2D eigenvalue weighted by Crippen LogP contribution is -2.35. The summed E-state index contributed by atoms with van der Waals surface area (Å²) in [5.41, 5.74) is 1.05. The zero-order valence-corrected chi connectivity index (χ0v) is 13.7. The average molecular weight is 308 g/mol. The zero-order chi connectivity index (χ0) is 13.8. The Hall–Kier alpha value is -0.640. The maximum atomic E-state index is 6.09. The number of hydrogen-bond donors (Lipinski definition) is 1. The molecule has 110 valence electrons. The third kappa shape index (κ3) is 5.89. The molecule has 0 aliphatic heterocycles. The molecule has 0 aromatic heterocycles. The molecule has 1 aromatic carbocycles. The molecule has 3 nitrogen and oxygen atoms in total. The van der Waals surface area contributed by atoms with Gasteiger partial charge in [0, 0.05) is 28.7 Å². The van der Waals surface area contributed by atoms with Crippen LogP contribution >= 0.6 is 24.0 Å². The van der Waals surface area contributed by atoms with Gasteiger partial charge in [-0.3, -0.25) is 0 Å². The summed E-state index contributed by atoms with van der Waals surface area (Å²) in [5.74, 6) is 1.44. The van der Waals surface area contributed by atoms with Crippen molar-refractivity contribution in [2.24, 2.45) is 0 Å². The summed E-state index contributed by atoms with van der Waals surface area (Å²) in [6.45, 7) is 9.60. The Morgan fingerprint density at radius 2 is 1.89 bits per heavy atom. The van der Waals surface area contributed by atoms with Gasteiger partial charge < -0.3 is 14.8 Å². The molecule has 0 aliphatic carbocycles. The van der Waals surface area contributed by atoms with Gasteiger partial charge in [0.2, 0.25) is 0 Å². The van der Waals surface area contributed by atoms with Gasteiger partial charge in [0.15, 0.2) is 11.5 Å². The first-order valence-corrected chi connectivity index (χ1v) is 6.49. The van der Waals surface area contributed by atoms with Gasteiger partial charge in [0.25, 0.3) is 0 Å². The highest BCUT2D eigenvalue weighted by Crippen LogP contribution is 2.34. The van der Waals surface area contributed by atoms with Gasteiger partial charge >= 0.3 is 0 Å². The zero-order valence-electron chi connectivity index (χ0n) is 12.2. The number of nitrogens with one attached hydrogen (secondary N) is 1. The first kappa shape index (κ1) is 18.4. The third-order valence-corrected chi connectivity index (χ3v) is 2.63. The van der Waals surface area contributed by atoms with Crippen LogP contribution in [0.2, 0.25) is 5.02 Å². The molecule has 0 amide bonds. The number of benzene rings is 1. The van der Waals surface area contributed by atoms with Crippen LogP contribution in [0, 0.1) is 0 Å². The number of hydrogen-bond acceptors (Lipinski definition) is 3. The fourth-order valence-electron chi connectivity index (χ4n) is 1.57. The van der Waals surface area contributed by atoms with E-state index in [1.54, 1.807) is 13.2 Å². The van der Waals surface area contributed by atoms with Crippen LogP contribution in [0.3, 0.4) is 0 Å². The summed E-state index contributed by atoms with van der Waals surface area (Å²) >= 11 is 6.09. The van der Waals surface area contributed by atoms with E-state index in [9.17, 15) is 0 Å². The van der Waals surface area contributed by atoms with Crippen LogP contribution < -0.4 is 14.8 Å². The van der Waals surface area contributed by atoms with E-state index in [0.29, 0.717) is 23.9 Å². The van der Waals surface area contributed by atoms with Crippen molar-refractivity contribution in [2.45, 2.75) is 39.8 Å². The maximum Gasteiger partial charge on any atom is 0.165 e. The summed E-state index contributed by atoms with van der Waals surface area (Å²) in [7, 11) is 1.62. The Bertz CT molecular complexity index is 403. The molecule has 0 heterocycles. The SMILES string of the molecule is CCOc1c(CNC(C)(C)C)cc(Cl)cc1OC.Cl. The first-order valence-electron chi connectivity index (χ1n) is 6.11. The highest BCUT2D eigenvalue weighted by atomic mass is 35.5. The van der Waals surface area contributed by atoms with E-state index >= 15 is 0 Å². The van der Waals surface area contributed by atoms with Crippen molar-refractivity contribution >= 4 is 24.0 Å². The van der Waals surface area contributed by atoms with Crippen molar-refractivity contribution in [1.82, 2.24) is 5.32 Å². The lowest BCUT2D eigenvalue weighted by Gasteiger charge is -2.22. The van der Waals surface area contributed by atoms with Crippen molar-refractivity contribution in [3.8, 4) is 11.5 Å². The Morgan fingerprint density at radius 1 is 1.26 bits per heavy atom. The minimum Gasteiger partial charge on any atom is -0.493 e. The summed E-state index contributed by atoms with van der Waals surface area (Å²) in [6.07, 6.45) is 0. The Kier molecular flexibility index (Phi) is 7.57. The van der Waals surface area contributed by atoms with Crippen molar-refractivity contribution in [1.29, 1.82) is 0 Å². The van der Waals surface area contributed by atoms with Crippen molar-refractivity contribution in [3.05, 3.63) is 22.7 Å². The summed E-state index contributed by atoms with van der Waals surface area (Å²) in [6, 6.07) is 3.68. The van der Waals surface area contributed by atoms with E-state index in [4.69, 9.17) is 21.1 Å². The van der Waals surface area contributed by atoms with Crippen molar-refractivity contribution in [3.63, 3.8) is 0 Å². The lowest BCUT2D eigenvalue weighted by atomic mass is 10.1. The predicted octanol–water partition coefficient (Wildman–Crippen LogP) is 4.06. The third-order valence-electron chi connectivity index (χ3n) is 2.41. The second-order valence-electron chi connectivity index (χ2n) is 5.13. The molecule has 19 heavy (non-hydrogen) atoms. The molecule has 0 atom stereocenters. The highest BCUT2D eigenvalue weighted by molar-refractivity contribution is 6.30. The van der Waals surface area contributed by atoms with Crippen molar-refractivity contribution in [2.75, 3.05) is 13.7 Å². The molecule has 0 saturated carbocycles. The molecular formula is C14H23Cl2NO2. The van der Waals surface area contributed by atoms with E-state index in [-0.39, 0.29) is 17.9 Å². The molecular weight excluding hydrogens is 285 g/mol. The van der Waals surface area contributed by atoms with Gasteiger partial charge in [-0.25, -0.2) is 0 Å². The summed E-state index contributed by atoms with van der Waals surface area (Å²) < 4.78 is 11.0. The molecule has 0 bridgehead atoms. The summed E-state index contributed by atoms with van der Waals surface area (Å²) in [4.78, 5) is 0. The largest absolute Gasteiger partial charge is 0.493 e. The van der Waals surface area contributed by atoms with Crippen molar-refractivity contribution < 1.29 is 9.47 Å². The highest BCUT2D eigenvalue weighted by Gasteiger charge is 2.15. The van der Waals surface area contributed by atoms with Gasteiger partial charge in [0.1, 0.15) is 0 Å². The molecule has 0 radical (unpaired) electrons. The first-order chi connectivity index (χ1) is 8.37. The van der Waals surface area contributed by atoms with E-state index < -0.39 is 0 Å². The summed E-state index contributed by atoms with van der Waals surface area (Å²) in [5, 5.41) is 4.08. The normalized spacial score (nSPS) is 10.8. The molecule has 1 rings (SSSR count). The minimum absolute atomic E-state index is 0. The lowest BCUT2D eigenvalue weighted by molar-refractivity contribution is 0.304. The molecule has 0 unspecified atom stereocenters. The molecule has 1 aromatic rings. The van der Waals surface area contributed by atoms with Crippen LogP contribution in [0.25, 0.3) is 0 Å². The standard InChI is InChI=1S/C14H22ClNO2.ClH/c1-6-18-13-10(9-16-14(2,3)4)7-11(15)8-12(13)17-5;/h7-8,16H,6,9H2,1-5H3;1H. The second kappa shape index (κ2) is 7.83. The Balaban J connectivity index is 0.00000324. The van der Waals surface area contributed by atoms with Gasteiger partial charge in [0.05, 0.1) is 13.7 Å². The topological polar surface area (TPSA) is 30.5 Å². The van der Waals surface area contributed by atoms with Crippen LogP contribution in [0.1, 0.15) is 33.3 Å². The van der Waals surface area contributed by atoms with Crippen LogP contribution in [0.4, 0.5) is 0 Å². The molecule has 1 N–H and O–H groups in total. The molecule has 0 spiro atoms. The Labute approximate surface area is 127 Å². The monoisotopic (exact) mass is 307 g/mol. The maximum absolute atomic E-state index is 6.09. The smallest absolute Gasteiger partial charge is 0.165 e. The number of ether oxygens (including phenoxy) is 2. The molecule has 0 aliphatic rings. The van der Waals surface area contributed by atoms with Gasteiger partial charge in [-0.1, -0.05) is 11.6 Å². The fraction of sp³-hybridized carbons (Fsp3) is 0.571. The van der Waals surface area contributed by atoms with Crippen LogP contribution in [0.15, 0.2) is 12.1 Å². The van der Waals surface area contributed by atoms with Crippen LogP contribution in [0.5, 0.6) is 11.5 Å². The van der Waals surface area contributed by atoms with E-state index in [2.05, 4.69) is 26.1 Å². The number of halogens is 2. The van der Waals surface area contributed by atoms with Gasteiger partial charge in [-0.2, -0.15) is 0 Å². The quantitative estimate of drug-likeness (QED) is 0.890. The van der Waals surface area contributed by atoms with E-state index in [1.165, 1.54) is 0 Å². The average Bonchev–Trinajstić information content (AvgIpc) is 2.28. The van der Waals surface area contributed by atoms with E-state index in [0.717, 1.165) is 11.3 Å². The van der Waals surface area contributed by atoms with E-state index in [1.807, 2.05) is 13.0 Å². The van der Waals surface area contributed by atoms with Crippen LogP contribution in [-0.2, 0) is 6.54 Å². The van der Waals surface area contributed by atoms with Crippen LogP contribution in [-0.4, -0.2) is 19.3 Å². The number of rotatable bonds is 5. The molecule has 0 fully saturated rings.